The molecule has 146 valence electrons. The van der Waals surface area contributed by atoms with Crippen LogP contribution in [0.4, 0.5) is 0 Å². The van der Waals surface area contributed by atoms with Gasteiger partial charge in [-0.2, -0.15) is 0 Å². The molecule has 28 heavy (non-hydrogen) atoms. The number of carbonyl (C=O) groups excluding carboxylic acids is 1. The maximum Gasteiger partial charge on any atom is 0.268 e. The predicted molar refractivity (Wildman–Crippen MR) is 111 cm³/mol. The standard InChI is InChI=1S/C20H20BrN3O3S/c1-3-18(23-20(25)15-8-10-22-11-9-15)16-12-19(21)24(13-16)28(26,27)17-6-4-14(2)5-7-17/h4-13,18H,3H2,1-2H3,(H,23,25)/t18-/m0/s1. The van der Waals surface area contributed by atoms with E-state index in [2.05, 4.69) is 26.2 Å². The second-order valence-electron chi connectivity index (χ2n) is 6.38. The smallest absolute Gasteiger partial charge is 0.268 e. The number of aryl methyl sites for hydroxylation is 1. The van der Waals surface area contributed by atoms with Gasteiger partial charge < -0.3 is 5.32 Å². The summed E-state index contributed by atoms with van der Waals surface area (Å²) in [7, 11) is -3.74. The first-order valence-corrected chi connectivity index (χ1v) is 11.0. The molecule has 0 aliphatic rings. The zero-order valence-corrected chi connectivity index (χ0v) is 17.9. The Morgan fingerprint density at radius 2 is 1.82 bits per heavy atom. The number of benzene rings is 1. The molecule has 0 fully saturated rings. The van der Waals surface area contributed by atoms with E-state index in [0.29, 0.717) is 22.2 Å². The van der Waals surface area contributed by atoms with Crippen LogP contribution in [-0.4, -0.2) is 23.3 Å². The maximum absolute atomic E-state index is 13.0. The summed E-state index contributed by atoms with van der Waals surface area (Å²) in [6, 6.07) is 11.3. The van der Waals surface area contributed by atoms with E-state index in [1.807, 2.05) is 13.8 Å². The molecule has 1 amide bonds. The minimum Gasteiger partial charge on any atom is -0.345 e. The number of hydrogen-bond donors (Lipinski definition) is 1. The van der Waals surface area contributed by atoms with Crippen LogP contribution in [0.15, 0.2) is 70.6 Å². The Morgan fingerprint density at radius 3 is 2.43 bits per heavy atom. The Hall–Kier alpha value is -2.45. The van der Waals surface area contributed by atoms with E-state index < -0.39 is 10.0 Å². The molecule has 3 aromatic rings. The summed E-state index contributed by atoms with van der Waals surface area (Å²) in [6.07, 6.45) is 5.26. The van der Waals surface area contributed by atoms with Crippen LogP contribution in [0.25, 0.3) is 0 Å². The van der Waals surface area contributed by atoms with Gasteiger partial charge in [-0.15, -0.1) is 0 Å². The molecule has 2 heterocycles. The SMILES string of the molecule is CC[C@H](NC(=O)c1ccncc1)c1cc(Br)n(S(=O)(=O)c2ccc(C)cc2)c1. The van der Waals surface area contributed by atoms with Crippen molar-refractivity contribution < 1.29 is 13.2 Å². The molecule has 0 bridgehead atoms. The fourth-order valence-corrected chi connectivity index (χ4v) is 4.99. The quantitative estimate of drug-likeness (QED) is 0.599. The largest absolute Gasteiger partial charge is 0.345 e. The molecule has 0 aliphatic heterocycles. The van der Waals surface area contributed by atoms with E-state index in [9.17, 15) is 13.2 Å². The van der Waals surface area contributed by atoms with Crippen LogP contribution in [0.3, 0.4) is 0 Å². The first-order chi connectivity index (χ1) is 13.3. The number of hydrogen-bond acceptors (Lipinski definition) is 4. The molecule has 1 atom stereocenters. The van der Waals surface area contributed by atoms with E-state index in [0.717, 1.165) is 5.56 Å². The zero-order valence-electron chi connectivity index (χ0n) is 15.5. The predicted octanol–water partition coefficient (Wildman–Crippen LogP) is 4.07. The van der Waals surface area contributed by atoms with Crippen LogP contribution in [0.1, 0.15) is 40.9 Å². The van der Waals surface area contributed by atoms with Crippen LogP contribution in [-0.2, 0) is 10.0 Å². The van der Waals surface area contributed by atoms with Crippen LogP contribution in [0, 0.1) is 6.92 Å². The van der Waals surface area contributed by atoms with Gasteiger partial charge in [0.15, 0.2) is 0 Å². The van der Waals surface area contributed by atoms with Crippen molar-refractivity contribution in [2.24, 2.45) is 0 Å². The second-order valence-corrected chi connectivity index (χ2v) is 9.01. The van der Waals surface area contributed by atoms with Gasteiger partial charge in [-0.3, -0.25) is 9.78 Å². The van der Waals surface area contributed by atoms with E-state index in [4.69, 9.17) is 0 Å². The highest BCUT2D eigenvalue weighted by Crippen LogP contribution is 2.27. The third kappa shape index (κ3) is 4.18. The van der Waals surface area contributed by atoms with Gasteiger partial charge >= 0.3 is 0 Å². The lowest BCUT2D eigenvalue weighted by molar-refractivity contribution is 0.0935. The lowest BCUT2D eigenvalue weighted by atomic mass is 10.1. The van der Waals surface area contributed by atoms with Crippen LogP contribution in [0.2, 0.25) is 0 Å². The molecular formula is C20H20BrN3O3S. The molecule has 2 aromatic heterocycles. The number of pyridine rings is 1. The van der Waals surface area contributed by atoms with Gasteiger partial charge in [0.1, 0.15) is 4.60 Å². The molecule has 0 saturated carbocycles. The Balaban J connectivity index is 1.89. The number of rotatable bonds is 6. The Morgan fingerprint density at radius 1 is 1.18 bits per heavy atom. The molecular weight excluding hydrogens is 442 g/mol. The minimum absolute atomic E-state index is 0.204. The van der Waals surface area contributed by atoms with Gasteiger partial charge in [0.25, 0.3) is 15.9 Å². The van der Waals surface area contributed by atoms with E-state index in [1.165, 1.54) is 3.97 Å². The van der Waals surface area contributed by atoms with Crippen molar-refractivity contribution in [3.05, 3.63) is 82.3 Å². The van der Waals surface area contributed by atoms with Gasteiger partial charge in [-0.25, -0.2) is 12.4 Å². The average Bonchev–Trinajstić information content (AvgIpc) is 3.09. The topological polar surface area (TPSA) is 81.1 Å². The normalized spacial score (nSPS) is 12.5. The fourth-order valence-electron chi connectivity index (χ4n) is 2.80. The van der Waals surface area contributed by atoms with Crippen molar-refractivity contribution in [3.63, 3.8) is 0 Å². The fraction of sp³-hybridized carbons (Fsp3) is 0.200. The molecule has 1 N–H and O–H groups in total. The van der Waals surface area contributed by atoms with Crippen LogP contribution < -0.4 is 5.32 Å². The summed E-state index contributed by atoms with van der Waals surface area (Å²) in [5, 5.41) is 2.94. The number of nitrogens with one attached hydrogen (secondary N) is 1. The molecule has 0 spiro atoms. The van der Waals surface area contributed by atoms with Crippen LogP contribution in [0.5, 0.6) is 0 Å². The third-order valence-electron chi connectivity index (χ3n) is 4.40. The lowest BCUT2D eigenvalue weighted by Crippen LogP contribution is -2.28. The van der Waals surface area contributed by atoms with E-state index in [1.54, 1.807) is 61.1 Å². The first kappa shape index (κ1) is 20.3. The number of aromatic nitrogens is 2. The summed E-state index contributed by atoms with van der Waals surface area (Å²) in [4.78, 5) is 16.6. The maximum atomic E-state index is 13.0. The highest BCUT2D eigenvalue weighted by Gasteiger charge is 2.23. The molecule has 8 heteroatoms. The Kier molecular flexibility index (Phi) is 6.00. The molecule has 3 rings (SSSR count). The second kappa shape index (κ2) is 8.28. The number of nitrogens with zero attached hydrogens (tertiary/aromatic N) is 2. The van der Waals surface area contributed by atoms with Crippen molar-refractivity contribution in [2.75, 3.05) is 0 Å². The lowest BCUT2D eigenvalue weighted by Gasteiger charge is -2.16. The summed E-state index contributed by atoms with van der Waals surface area (Å²) < 4.78 is 27.5. The van der Waals surface area contributed by atoms with Crippen molar-refractivity contribution in [1.29, 1.82) is 0 Å². The van der Waals surface area contributed by atoms with Gasteiger partial charge in [0.2, 0.25) is 0 Å². The minimum atomic E-state index is -3.74. The Labute approximate surface area is 172 Å². The molecule has 0 radical (unpaired) electrons. The molecule has 0 aliphatic carbocycles. The average molecular weight is 462 g/mol. The number of amides is 1. The highest BCUT2D eigenvalue weighted by atomic mass is 79.9. The molecule has 6 nitrogen and oxygen atoms in total. The monoisotopic (exact) mass is 461 g/mol. The van der Waals surface area contributed by atoms with Gasteiger partial charge in [-0.1, -0.05) is 24.6 Å². The summed E-state index contributed by atoms with van der Waals surface area (Å²) >= 11 is 3.34. The summed E-state index contributed by atoms with van der Waals surface area (Å²) in [6.45, 7) is 3.83. The van der Waals surface area contributed by atoms with Crippen LogP contribution >= 0.6 is 15.9 Å². The van der Waals surface area contributed by atoms with Gasteiger partial charge in [-0.05, 0) is 65.2 Å². The first-order valence-electron chi connectivity index (χ1n) is 8.74. The molecule has 1 aromatic carbocycles. The van der Waals surface area contributed by atoms with Gasteiger partial charge in [0, 0.05) is 24.2 Å². The van der Waals surface area contributed by atoms with Crippen molar-refractivity contribution in [3.8, 4) is 0 Å². The number of carbonyl (C=O) groups is 1. The van der Waals surface area contributed by atoms with E-state index in [-0.39, 0.29) is 16.8 Å². The highest BCUT2D eigenvalue weighted by molar-refractivity contribution is 9.10. The van der Waals surface area contributed by atoms with Gasteiger partial charge in [0.05, 0.1) is 10.9 Å². The van der Waals surface area contributed by atoms with Crippen molar-refractivity contribution in [2.45, 2.75) is 31.2 Å². The summed E-state index contributed by atoms with van der Waals surface area (Å²) in [5.41, 5.74) is 2.18. The van der Waals surface area contributed by atoms with Crippen molar-refractivity contribution in [1.82, 2.24) is 14.3 Å². The third-order valence-corrected chi connectivity index (χ3v) is 6.93. The number of halogens is 1. The molecule has 0 unspecified atom stereocenters. The zero-order chi connectivity index (χ0) is 20.3. The molecule has 0 saturated heterocycles. The van der Waals surface area contributed by atoms with E-state index >= 15 is 0 Å². The Bertz CT molecular complexity index is 1080. The summed E-state index contributed by atoms with van der Waals surface area (Å²) in [5.74, 6) is -0.237. The van der Waals surface area contributed by atoms with Crippen molar-refractivity contribution >= 4 is 31.9 Å².